The van der Waals surface area contributed by atoms with Crippen LogP contribution in [0.25, 0.3) is 0 Å². The molecule has 4 nitrogen and oxygen atoms in total. The van der Waals surface area contributed by atoms with Gasteiger partial charge in [0.25, 0.3) is 5.91 Å². The molecule has 0 heterocycles. The Morgan fingerprint density at radius 3 is 2.43 bits per heavy atom. The molecule has 6 heteroatoms. The van der Waals surface area contributed by atoms with Crippen LogP contribution < -0.4 is 5.32 Å². The van der Waals surface area contributed by atoms with Gasteiger partial charge in [0.05, 0.1) is 11.3 Å². The van der Waals surface area contributed by atoms with Crippen molar-refractivity contribution >= 4 is 29.2 Å². The number of aromatic carboxylic acids is 1. The lowest BCUT2D eigenvalue weighted by Gasteiger charge is -2.11. The summed E-state index contributed by atoms with van der Waals surface area (Å²) in [6.45, 7) is 1.65. The van der Waals surface area contributed by atoms with Crippen molar-refractivity contribution < 1.29 is 19.1 Å². The van der Waals surface area contributed by atoms with Crippen molar-refractivity contribution in [3.8, 4) is 0 Å². The van der Waals surface area contributed by atoms with Crippen molar-refractivity contribution in [3.05, 3.63) is 63.9 Å². The summed E-state index contributed by atoms with van der Waals surface area (Å²) in [6, 6.07) is 8.29. The number of hydrogen-bond acceptors (Lipinski definition) is 2. The highest BCUT2D eigenvalue weighted by molar-refractivity contribution is 6.32. The number of para-hydroxylation sites is 1. The summed E-state index contributed by atoms with van der Waals surface area (Å²) < 4.78 is 13.8. The van der Waals surface area contributed by atoms with Gasteiger partial charge >= 0.3 is 5.97 Å². The molecule has 0 aliphatic heterocycles. The van der Waals surface area contributed by atoms with Crippen molar-refractivity contribution in [2.45, 2.75) is 6.92 Å². The topological polar surface area (TPSA) is 66.4 Å². The average Bonchev–Trinajstić information content (AvgIpc) is 2.43. The lowest BCUT2D eigenvalue weighted by Crippen LogP contribution is -2.17. The zero-order valence-corrected chi connectivity index (χ0v) is 11.7. The zero-order valence-electron chi connectivity index (χ0n) is 11.0. The van der Waals surface area contributed by atoms with Gasteiger partial charge in [0.15, 0.2) is 0 Å². The standard InChI is InChI=1S/C15H11ClFNO3/c1-8-9(4-2-6-11(8)16)14(19)18-13-10(15(20)21)5-3-7-12(13)17/h2-7H,1H3,(H,18,19)(H,20,21). The maximum absolute atomic E-state index is 13.8. The molecule has 2 rings (SSSR count). The SMILES string of the molecule is Cc1c(Cl)cccc1C(=O)Nc1c(F)cccc1C(=O)O. The van der Waals surface area contributed by atoms with Gasteiger partial charge in [-0.25, -0.2) is 9.18 Å². The molecule has 0 aliphatic carbocycles. The van der Waals surface area contributed by atoms with Crippen LogP contribution in [-0.2, 0) is 0 Å². The first-order valence-electron chi connectivity index (χ1n) is 6.00. The largest absolute Gasteiger partial charge is 0.478 e. The molecule has 0 saturated heterocycles. The molecule has 108 valence electrons. The van der Waals surface area contributed by atoms with E-state index < -0.39 is 17.7 Å². The number of carbonyl (C=O) groups is 2. The van der Waals surface area contributed by atoms with Crippen LogP contribution in [0.3, 0.4) is 0 Å². The predicted molar refractivity (Wildman–Crippen MR) is 77.5 cm³/mol. The molecule has 0 radical (unpaired) electrons. The smallest absolute Gasteiger partial charge is 0.337 e. The monoisotopic (exact) mass is 307 g/mol. The average molecular weight is 308 g/mol. The minimum atomic E-state index is -1.33. The molecule has 1 amide bonds. The van der Waals surface area contributed by atoms with Crippen molar-refractivity contribution in [1.82, 2.24) is 0 Å². The maximum Gasteiger partial charge on any atom is 0.337 e. The van der Waals surface area contributed by atoms with Gasteiger partial charge in [-0.05, 0) is 36.8 Å². The molecule has 0 bridgehead atoms. The number of rotatable bonds is 3. The fourth-order valence-corrected chi connectivity index (χ4v) is 2.04. The number of anilines is 1. The summed E-state index contributed by atoms with van der Waals surface area (Å²) in [5.74, 6) is -2.77. The molecule has 2 aromatic rings. The van der Waals surface area contributed by atoms with Crippen LogP contribution >= 0.6 is 11.6 Å². The highest BCUT2D eigenvalue weighted by atomic mass is 35.5. The first-order chi connectivity index (χ1) is 9.91. The van der Waals surface area contributed by atoms with Crippen molar-refractivity contribution in [2.24, 2.45) is 0 Å². The number of amides is 1. The summed E-state index contributed by atoms with van der Waals surface area (Å²) in [4.78, 5) is 23.3. The van der Waals surface area contributed by atoms with E-state index in [1.165, 1.54) is 18.2 Å². The van der Waals surface area contributed by atoms with Crippen LogP contribution in [0.15, 0.2) is 36.4 Å². The quantitative estimate of drug-likeness (QED) is 0.907. The summed E-state index contributed by atoms with van der Waals surface area (Å²) in [6.07, 6.45) is 0. The fraction of sp³-hybridized carbons (Fsp3) is 0.0667. The van der Waals surface area contributed by atoms with E-state index in [2.05, 4.69) is 5.32 Å². The second kappa shape index (κ2) is 5.93. The third-order valence-corrected chi connectivity index (χ3v) is 3.40. The van der Waals surface area contributed by atoms with E-state index in [0.717, 1.165) is 6.07 Å². The van der Waals surface area contributed by atoms with Crippen LogP contribution in [-0.4, -0.2) is 17.0 Å². The van der Waals surface area contributed by atoms with Crippen LogP contribution in [0.2, 0.25) is 5.02 Å². The third kappa shape index (κ3) is 3.03. The molecule has 0 aliphatic rings. The molecule has 21 heavy (non-hydrogen) atoms. The molecule has 0 fully saturated rings. The molecule has 2 aromatic carbocycles. The number of nitrogens with one attached hydrogen (secondary N) is 1. The molecule has 0 atom stereocenters. The van der Waals surface area contributed by atoms with Crippen molar-refractivity contribution in [3.63, 3.8) is 0 Å². The number of hydrogen-bond donors (Lipinski definition) is 2. The number of carboxylic acids is 1. The molecule has 0 aromatic heterocycles. The van der Waals surface area contributed by atoms with E-state index in [0.29, 0.717) is 10.6 Å². The van der Waals surface area contributed by atoms with Crippen LogP contribution in [0.1, 0.15) is 26.3 Å². The van der Waals surface area contributed by atoms with E-state index in [1.807, 2.05) is 0 Å². The minimum absolute atomic E-state index is 0.252. The second-order valence-corrected chi connectivity index (χ2v) is 4.74. The summed E-state index contributed by atoms with van der Waals surface area (Å²) in [7, 11) is 0. The summed E-state index contributed by atoms with van der Waals surface area (Å²) in [5.41, 5.74) is 0.101. The van der Waals surface area contributed by atoms with Gasteiger partial charge in [-0.1, -0.05) is 23.7 Å². The second-order valence-electron chi connectivity index (χ2n) is 4.33. The fourth-order valence-electron chi connectivity index (χ4n) is 1.86. The Morgan fingerprint density at radius 2 is 1.76 bits per heavy atom. The van der Waals surface area contributed by atoms with Crippen LogP contribution in [0, 0.1) is 12.7 Å². The first-order valence-corrected chi connectivity index (χ1v) is 6.38. The van der Waals surface area contributed by atoms with Crippen molar-refractivity contribution in [2.75, 3.05) is 5.32 Å². The number of benzene rings is 2. The Bertz CT molecular complexity index is 731. The maximum atomic E-state index is 13.8. The predicted octanol–water partition coefficient (Wildman–Crippen LogP) is 3.74. The Labute approximate surface area is 125 Å². The lowest BCUT2D eigenvalue weighted by atomic mass is 10.1. The third-order valence-electron chi connectivity index (χ3n) is 2.99. The van der Waals surface area contributed by atoms with Gasteiger partial charge in [0, 0.05) is 10.6 Å². The highest BCUT2D eigenvalue weighted by Crippen LogP contribution is 2.23. The summed E-state index contributed by atoms with van der Waals surface area (Å²) in [5, 5.41) is 11.7. The Morgan fingerprint density at radius 1 is 1.14 bits per heavy atom. The molecule has 0 unspecified atom stereocenters. The highest BCUT2D eigenvalue weighted by Gasteiger charge is 2.18. The first kappa shape index (κ1) is 15.0. The molecular weight excluding hydrogens is 297 g/mol. The van der Waals surface area contributed by atoms with Gasteiger partial charge in [-0.2, -0.15) is 0 Å². The molecule has 2 N–H and O–H groups in total. The van der Waals surface area contributed by atoms with Gasteiger partial charge in [-0.15, -0.1) is 0 Å². The van der Waals surface area contributed by atoms with E-state index in [9.17, 15) is 14.0 Å². The number of carbonyl (C=O) groups excluding carboxylic acids is 1. The molecule has 0 saturated carbocycles. The van der Waals surface area contributed by atoms with Gasteiger partial charge in [0.2, 0.25) is 0 Å². The minimum Gasteiger partial charge on any atom is -0.478 e. The van der Waals surface area contributed by atoms with E-state index in [4.69, 9.17) is 16.7 Å². The van der Waals surface area contributed by atoms with E-state index in [-0.39, 0.29) is 16.8 Å². The van der Waals surface area contributed by atoms with Crippen LogP contribution in [0.4, 0.5) is 10.1 Å². The number of halogens is 2. The Hall–Kier alpha value is -2.40. The lowest BCUT2D eigenvalue weighted by molar-refractivity contribution is 0.0697. The zero-order chi connectivity index (χ0) is 15.6. The summed E-state index contributed by atoms with van der Waals surface area (Å²) >= 11 is 5.93. The normalized spacial score (nSPS) is 10.2. The van der Waals surface area contributed by atoms with Crippen LogP contribution in [0.5, 0.6) is 0 Å². The van der Waals surface area contributed by atoms with Crippen molar-refractivity contribution in [1.29, 1.82) is 0 Å². The van der Waals surface area contributed by atoms with E-state index in [1.54, 1.807) is 19.1 Å². The van der Waals surface area contributed by atoms with Gasteiger partial charge in [0.1, 0.15) is 5.82 Å². The molecule has 0 spiro atoms. The Balaban J connectivity index is 2.41. The Kier molecular flexibility index (Phi) is 4.23. The number of carboxylic acid groups (broad SMARTS) is 1. The molecular formula is C15H11ClFNO3. The van der Waals surface area contributed by atoms with Gasteiger partial charge in [-0.3, -0.25) is 4.79 Å². The van der Waals surface area contributed by atoms with Gasteiger partial charge < -0.3 is 10.4 Å². The van der Waals surface area contributed by atoms with E-state index >= 15 is 0 Å².